The molecule has 1 aliphatic heterocycles. The van der Waals surface area contributed by atoms with E-state index < -0.39 is 5.54 Å². The number of carbonyl (C=O) groups is 2. The maximum Gasteiger partial charge on any atom is 0.196 e. The van der Waals surface area contributed by atoms with Crippen LogP contribution in [0.15, 0.2) is 66.9 Å². The summed E-state index contributed by atoms with van der Waals surface area (Å²) in [5, 5.41) is 0. The van der Waals surface area contributed by atoms with Crippen molar-refractivity contribution >= 4 is 11.6 Å². The molecule has 2 heterocycles. The van der Waals surface area contributed by atoms with Crippen molar-refractivity contribution < 1.29 is 14.3 Å². The van der Waals surface area contributed by atoms with Crippen LogP contribution >= 0.6 is 0 Å². The molecule has 0 amide bonds. The highest BCUT2D eigenvalue weighted by atomic mass is 16.5. The predicted octanol–water partition coefficient (Wildman–Crippen LogP) is 3.49. The van der Waals surface area contributed by atoms with E-state index in [0.717, 1.165) is 36.6 Å². The zero-order valence-corrected chi connectivity index (χ0v) is 19.0. The predicted molar refractivity (Wildman–Crippen MR) is 126 cm³/mol. The highest BCUT2D eigenvalue weighted by molar-refractivity contribution is 6.32. The number of nitrogens with zero attached hydrogens (tertiary/aromatic N) is 3. The van der Waals surface area contributed by atoms with Gasteiger partial charge >= 0.3 is 0 Å². The maximum atomic E-state index is 13.9. The molecule has 0 atom stereocenters. The van der Waals surface area contributed by atoms with Crippen molar-refractivity contribution in [1.82, 2.24) is 14.8 Å². The Morgan fingerprint density at radius 2 is 1.55 bits per heavy atom. The lowest BCUT2D eigenvalue weighted by molar-refractivity contribution is 0.0278. The molecule has 6 nitrogen and oxygen atoms in total. The van der Waals surface area contributed by atoms with Gasteiger partial charge in [-0.25, -0.2) is 0 Å². The fourth-order valence-electron chi connectivity index (χ4n) is 5.19. The van der Waals surface area contributed by atoms with Crippen LogP contribution in [-0.2, 0) is 12.1 Å². The van der Waals surface area contributed by atoms with Gasteiger partial charge in [-0.05, 0) is 30.7 Å². The maximum absolute atomic E-state index is 13.9. The Morgan fingerprint density at radius 1 is 0.909 bits per heavy atom. The van der Waals surface area contributed by atoms with Gasteiger partial charge in [0.2, 0.25) is 0 Å². The number of Topliss-reactive ketones (excluding diaryl/α,β-unsaturated/α-hetero) is 2. The first-order chi connectivity index (χ1) is 16.1. The molecule has 33 heavy (non-hydrogen) atoms. The van der Waals surface area contributed by atoms with E-state index >= 15 is 0 Å². The number of ketones is 2. The molecule has 1 aliphatic carbocycles. The number of aryl methyl sites for hydroxylation is 1. The standard InChI is InChI=1S/C27H27N3O3/c1-19-17-21(11-12-28-19)27(25(31)22-8-4-5-9-23(22)26(27)32)30-15-13-29(14-16-30)18-20-7-3-6-10-24(20)33-2/h3-12,17H,13-16,18H2,1-2H3. The van der Waals surface area contributed by atoms with E-state index in [2.05, 4.69) is 20.9 Å². The second kappa shape index (κ2) is 8.54. The van der Waals surface area contributed by atoms with E-state index in [1.807, 2.05) is 49.4 Å². The Morgan fingerprint density at radius 3 is 2.18 bits per heavy atom. The molecule has 0 radical (unpaired) electrons. The molecular weight excluding hydrogens is 414 g/mol. The van der Waals surface area contributed by atoms with E-state index in [1.54, 1.807) is 25.4 Å². The number of ether oxygens (including phenoxy) is 1. The third-order valence-electron chi connectivity index (χ3n) is 6.82. The van der Waals surface area contributed by atoms with Crippen LogP contribution < -0.4 is 4.74 Å². The smallest absolute Gasteiger partial charge is 0.196 e. The zero-order chi connectivity index (χ0) is 23.0. The quantitative estimate of drug-likeness (QED) is 0.565. The number of para-hydroxylation sites is 1. The van der Waals surface area contributed by atoms with Gasteiger partial charge in [-0.1, -0.05) is 42.5 Å². The summed E-state index contributed by atoms with van der Waals surface area (Å²) in [7, 11) is 1.69. The summed E-state index contributed by atoms with van der Waals surface area (Å²) in [5.74, 6) is 0.610. The summed E-state index contributed by atoms with van der Waals surface area (Å²) in [5.41, 5.74) is 2.32. The summed E-state index contributed by atoms with van der Waals surface area (Å²) in [6, 6.07) is 18.9. The number of piperazine rings is 1. The van der Waals surface area contributed by atoms with Crippen molar-refractivity contribution in [3.8, 4) is 5.75 Å². The van der Waals surface area contributed by atoms with Crippen LogP contribution in [0, 0.1) is 6.92 Å². The van der Waals surface area contributed by atoms with Gasteiger partial charge < -0.3 is 4.74 Å². The molecule has 6 heteroatoms. The van der Waals surface area contributed by atoms with Gasteiger partial charge in [0, 0.05) is 61.3 Å². The molecule has 168 valence electrons. The molecule has 3 aromatic rings. The van der Waals surface area contributed by atoms with E-state index in [1.165, 1.54) is 0 Å². The van der Waals surface area contributed by atoms with Crippen molar-refractivity contribution in [2.24, 2.45) is 0 Å². The number of hydrogen-bond acceptors (Lipinski definition) is 6. The summed E-state index contributed by atoms with van der Waals surface area (Å²) < 4.78 is 5.51. The lowest BCUT2D eigenvalue weighted by Crippen LogP contribution is -2.60. The zero-order valence-electron chi connectivity index (χ0n) is 19.0. The largest absolute Gasteiger partial charge is 0.496 e. The number of fused-ring (bicyclic) bond motifs is 1. The first-order valence-electron chi connectivity index (χ1n) is 11.3. The molecule has 2 aromatic carbocycles. The van der Waals surface area contributed by atoms with Crippen molar-refractivity contribution in [3.63, 3.8) is 0 Å². The van der Waals surface area contributed by atoms with Crippen molar-refractivity contribution in [3.05, 3.63) is 94.8 Å². The van der Waals surface area contributed by atoms with Crippen molar-refractivity contribution in [2.75, 3.05) is 33.3 Å². The summed E-state index contributed by atoms with van der Waals surface area (Å²) >= 11 is 0. The molecule has 0 N–H and O–H groups in total. The van der Waals surface area contributed by atoms with Crippen LogP contribution in [0.2, 0.25) is 0 Å². The summed E-state index contributed by atoms with van der Waals surface area (Å²) in [6.45, 7) is 5.38. The Bertz CT molecular complexity index is 1180. The van der Waals surface area contributed by atoms with Gasteiger partial charge in [-0.15, -0.1) is 0 Å². The molecule has 0 unspecified atom stereocenters. The molecule has 5 rings (SSSR count). The van der Waals surface area contributed by atoms with Crippen molar-refractivity contribution in [1.29, 1.82) is 0 Å². The SMILES string of the molecule is COc1ccccc1CN1CCN(C2(c3ccnc(C)c3)C(=O)c3ccccc3C2=O)CC1. The van der Waals surface area contributed by atoms with Gasteiger partial charge in [0.1, 0.15) is 5.75 Å². The fraction of sp³-hybridized carbons (Fsp3) is 0.296. The molecule has 0 bridgehead atoms. The van der Waals surface area contributed by atoms with E-state index in [0.29, 0.717) is 29.8 Å². The summed E-state index contributed by atoms with van der Waals surface area (Å²) in [6.07, 6.45) is 1.69. The first-order valence-corrected chi connectivity index (χ1v) is 11.3. The van der Waals surface area contributed by atoms with Gasteiger partial charge in [-0.2, -0.15) is 0 Å². The molecule has 1 saturated heterocycles. The molecule has 1 aromatic heterocycles. The third kappa shape index (κ3) is 3.46. The van der Waals surface area contributed by atoms with E-state index in [9.17, 15) is 9.59 Å². The van der Waals surface area contributed by atoms with E-state index in [4.69, 9.17) is 4.74 Å². The minimum Gasteiger partial charge on any atom is -0.496 e. The molecule has 0 saturated carbocycles. The van der Waals surface area contributed by atoms with Gasteiger partial charge in [0.05, 0.1) is 7.11 Å². The Kier molecular flexibility index (Phi) is 5.56. The highest BCUT2D eigenvalue weighted by Gasteiger charge is 2.58. The Balaban J connectivity index is 1.46. The van der Waals surface area contributed by atoms with Crippen LogP contribution in [0.4, 0.5) is 0 Å². The number of benzene rings is 2. The lowest BCUT2D eigenvalue weighted by atomic mass is 9.82. The van der Waals surface area contributed by atoms with Crippen LogP contribution in [0.3, 0.4) is 0 Å². The average molecular weight is 442 g/mol. The number of methoxy groups -OCH3 is 1. The number of aromatic nitrogens is 1. The Labute approximate surface area is 193 Å². The fourth-order valence-corrected chi connectivity index (χ4v) is 5.19. The normalized spacial score (nSPS) is 18.4. The highest BCUT2D eigenvalue weighted by Crippen LogP contribution is 2.43. The third-order valence-corrected chi connectivity index (χ3v) is 6.82. The molecule has 0 spiro atoms. The summed E-state index contributed by atoms with van der Waals surface area (Å²) in [4.78, 5) is 36.5. The van der Waals surface area contributed by atoms with Crippen LogP contribution in [0.25, 0.3) is 0 Å². The Hall–Kier alpha value is -3.35. The lowest BCUT2D eigenvalue weighted by Gasteiger charge is -2.44. The van der Waals surface area contributed by atoms with Gasteiger partial charge in [0.25, 0.3) is 0 Å². The van der Waals surface area contributed by atoms with E-state index in [-0.39, 0.29) is 11.6 Å². The first kappa shape index (κ1) is 21.5. The second-order valence-electron chi connectivity index (χ2n) is 8.68. The number of hydrogen-bond donors (Lipinski definition) is 0. The van der Waals surface area contributed by atoms with Crippen LogP contribution in [0.1, 0.15) is 37.5 Å². The van der Waals surface area contributed by atoms with Gasteiger partial charge in [-0.3, -0.25) is 24.4 Å². The average Bonchev–Trinajstić information content (AvgIpc) is 3.08. The number of pyridine rings is 1. The minimum absolute atomic E-state index is 0.133. The molecular formula is C27H27N3O3. The number of carbonyl (C=O) groups excluding carboxylic acids is 2. The van der Waals surface area contributed by atoms with Crippen LogP contribution in [-0.4, -0.2) is 59.6 Å². The van der Waals surface area contributed by atoms with Crippen LogP contribution in [0.5, 0.6) is 5.75 Å². The second-order valence-corrected chi connectivity index (χ2v) is 8.68. The topological polar surface area (TPSA) is 62.7 Å². The molecule has 1 fully saturated rings. The number of rotatable bonds is 5. The minimum atomic E-state index is -1.33. The van der Waals surface area contributed by atoms with Crippen molar-refractivity contribution in [2.45, 2.75) is 19.0 Å². The monoisotopic (exact) mass is 441 g/mol. The molecule has 2 aliphatic rings. The van der Waals surface area contributed by atoms with Gasteiger partial charge in [0.15, 0.2) is 17.1 Å².